The lowest BCUT2D eigenvalue weighted by Gasteiger charge is -2.16. The van der Waals surface area contributed by atoms with E-state index >= 15 is 0 Å². The summed E-state index contributed by atoms with van der Waals surface area (Å²) in [6, 6.07) is 17.2. The second kappa shape index (κ2) is 8.85. The minimum Gasteiger partial charge on any atom is -0.497 e. The van der Waals surface area contributed by atoms with Crippen molar-refractivity contribution in [1.82, 2.24) is 4.41 Å². The van der Waals surface area contributed by atoms with Crippen molar-refractivity contribution in [2.75, 3.05) is 7.11 Å². The summed E-state index contributed by atoms with van der Waals surface area (Å²) in [6.07, 6.45) is 2.99. The molecule has 1 amide bonds. The number of amides is 1. The number of rotatable bonds is 7. The maximum atomic E-state index is 12.7. The lowest BCUT2D eigenvalue weighted by atomic mass is 10.1. The Morgan fingerprint density at radius 3 is 2.23 bits per heavy atom. The van der Waals surface area contributed by atoms with E-state index in [9.17, 15) is 18.0 Å². The molecular weight excluding hydrogens is 406 g/mol. The second-order valence-electron chi connectivity index (χ2n) is 6.34. The Kier molecular flexibility index (Phi) is 6.24. The van der Waals surface area contributed by atoms with Gasteiger partial charge >= 0.3 is 0 Å². The predicted molar refractivity (Wildman–Crippen MR) is 108 cm³/mol. The van der Waals surface area contributed by atoms with Gasteiger partial charge < -0.3 is 4.74 Å². The number of pyridine rings is 1. The number of ketones is 1. The van der Waals surface area contributed by atoms with Gasteiger partial charge in [-0.2, -0.15) is 17.4 Å². The zero-order valence-corrected chi connectivity index (χ0v) is 17.0. The Morgan fingerprint density at radius 2 is 1.60 bits per heavy atom. The number of hydrazine groups is 1. The fourth-order valence-electron chi connectivity index (χ4n) is 2.73. The van der Waals surface area contributed by atoms with Crippen molar-refractivity contribution >= 4 is 21.7 Å². The third-order valence-corrected chi connectivity index (χ3v) is 5.90. The van der Waals surface area contributed by atoms with Crippen molar-refractivity contribution in [1.29, 1.82) is 0 Å². The zero-order valence-electron chi connectivity index (χ0n) is 16.1. The van der Waals surface area contributed by atoms with Crippen molar-refractivity contribution in [3.63, 3.8) is 0 Å². The monoisotopic (exact) mass is 426 g/mol. The first-order chi connectivity index (χ1) is 14.3. The average molecular weight is 426 g/mol. The van der Waals surface area contributed by atoms with Crippen molar-refractivity contribution in [3.05, 3.63) is 90.3 Å². The summed E-state index contributed by atoms with van der Waals surface area (Å²) in [5.74, 6) is 5.05. The largest absolute Gasteiger partial charge is 0.497 e. The highest BCUT2D eigenvalue weighted by molar-refractivity contribution is 7.89. The number of Topliss-reactive ketones (excluding diaryl/α,β-unsaturated/α-hetero) is 1. The van der Waals surface area contributed by atoms with E-state index in [1.807, 2.05) is 6.07 Å². The molecule has 0 unspecified atom stereocenters. The minimum absolute atomic E-state index is 0.0130. The molecule has 0 radical (unpaired) electrons. The fourth-order valence-corrected chi connectivity index (χ4v) is 3.76. The average Bonchev–Trinajstić information content (AvgIpc) is 2.78. The maximum Gasteiger partial charge on any atom is 0.288 e. The van der Waals surface area contributed by atoms with Crippen LogP contribution in [0.25, 0.3) is 0 Å². The van der Waals surface area contributed by atoms with Gasteiger partial charge in [-0.3, -0.25) is 9.59 Å². The number of nitrogens with two attached hydrogens (primary N) is 1. The van der Waals surface area contributed by atoms with Crippen molar-refractivity contribution in [2.45, 2.75) is 11.4 Å². The lowest BCUT2D eigenvalue weighted by Crippen LogP contribution is -2.44. The molecule has 0 aliphatic carbocycles. The molecule has 0 aliphatic rings. The van der Waals surface area contributed by atoms with Gasteiger partial charge in [-0.25, -0.2) is 5.84 Å². The Labute approximate surface area is 174 Å². The van der Waals surface area contributed by atoms with E-state index < -0.39 is 15.9 Å². The molecule has 2 N–H and O–H groups in total. The summed E-state index contributed by atoms with van der Waals surface area (Å²) < 4.78 is 32.0. The summed E-state index contributed by atoms with van der Waals surface area (Å²) in [6.45, 7) is -0.0130. The number of sulfonamides is 1. The highest BCUT2D eigenvalue weighted by Crippen LogP contribution is 2.19. The van der Waals surface area contributed by atoms with Crippen LogP contribution in [0.1, 0.15) is 20.7 Å². The molecule has 1 aromatic heterocycles. The van der Waals surface area contributed by atoms with Gasteiger partial charge in [0.15, 0.2) is 12.4 Å². The van der Waals surface area contributed by atoms with Gasteiger partial charge in [0, 0.05) is 11.6 Å². The molecular formula is C21H20N3O5S+. The number of ether oxygens (including phenoxy) is 1. The van der Waals surface area contributed by atoms with Crippen LogP contribution in [0.2, 0.25) is 0 Å². The summed E-state index contributed by atoms with van der Waals surface area (Å²) in [5.41, 5.74) is 0.558. The molecule has 1 heterocycles. The number of carbonyl (C=O) groups excluding carboxylic acids is 2. The molecule has 0 fully saturated rings. The van der Waals surface area contributed by atoms with Gasteiger partial charge in [-0.1, -0.05) is 30.3 Å². The van der Waals surface area contributed by atoms with E-state index in [0.717, 1.165) is 0 Å². The van der Waals surface area contributed by atoms with Gasteiger partial charge in [-0.05, 0) is 30.3 Å². The maximum absolute atomic E-state index is 12.7. The van der Waals surface area contributed by atoms with Gasteiger partial charge in [0.25, 0.3) is 15.9 Å². The number of methoxy groups -OCH3 is 1. The molecule has 2 aromatic carbocycles. The molecule has 0 spiro atoms. The van der Waals surface area contributed by atoms with Crippen LogP contribution in [0.4, 0.5) is 0 Å². The van der Waals surface area contributed by atoms with E-state index in [1.165, 1.54) is 48.2 Å². The molecule has 30 heavy (non-hydrogen) atoms. The molecule has 3 rings (SSSR count). The number of nitrogens with zero attached hydrogens (tertiary/aromatic N) is 2. The first kappa shape index (κ1) is 21.2. The van der Waals surface area contributed by atoms with Crippen LogP contribution in [0.5, 0.6) is 5.75 Å². The smallest absolute Gasteiger partial charge is 0.288 e. The highest BCUT2D eigenvalue weighted by atomic mass is 32.2. The first-order valence-corrected chi connectivity index (χ1v) is 10.3. The van der Waals surface area contributed by atoms with E-state index in [0.29, 0.717) is 11.3 Å². The summed E-state index contributed by atoms with van der Waals surface area (Å²) in [5, 5.41) is 0. The van der Waals surface area contributed by atoms with Crippen LogP contribution in [-0.2, 0) is 16.6 Å². The van der Waals surface area contributed by atoms with Gasteiger partial charge in [0.05, 0.1) is 12.0 Å². The Bertz CT molecular complexity index is 1160. The van der Waals surface area contributed by atoms with Crippen LogP contribution in [-0.4, -0.2) is 31.6 Å². The molecule has 0 bridgehead atoms. The van der Waals surface area contributed by atoms with Crippen molar-refractivity contribution in [2.24, 2.45) is 5.84 Å². The Balaban J connectivity index is 1.80. The van der Waals surface area contributed by atoms with E-state index in [-0.39, 0.29) is 27.2 Å². The molecule has 0 saturated heterocycles. The van der Waals surface area contributed by atoms with Gasteiger partial charge in [0.1, 0.15) is 11.3 Å². The molecule has 0 atom stereocenters. The number of hydrogen-bond donors (Lipinski definition) is 1. The van der Waals surface area contributed by atoms with Crippen LogP contribution in [0.15, 0.2) is 84.0 Å². The van der Waals surface area contributed by atoms with Crippen LogP contribution in [0.3, 0.4) is 0 Å². The third-order valence-electron chi connectivity index (χ3n) is 4.34. The zero-order chi connectivity index (χ0) is 21.7. The van der Waals surface area contributed by atoms with E-state index in [2.05, 4.69) is 0 Å². The number of aromatic nitrogens is 1. The molecule has 9 heteroatoms. The number of hydrogen-bond acceptors (Lipinski definition) is 6. The third kappa shape index (κ3) is 4.53. The molecule has 154 valence electrons. The molecule has 8 nitrogen and oxygen atoms in total. The molecule has 0 aliphatic heterocycles. The molecule has 3 aromatic rings. The Hall–Kier alpha value is -3.56. The lowest BCUT2D eigenvalue weighted by molar-refractivity contribution is -0.683. The number of carbonyl (C=O) groups is 2. The summed E-state index contributed by atoms with van der Waals surface area (Å²) >= 11 is 0. The van der Waals surface area contributed by atoms with Gasteiger partial charge in [-0.15, -0.1) is 0 Å². The normalized spacial score (nSPS) is 11.0. The molecule has 0 saturated carbocycles. The van der Waals surface area contributed by atoms with E-state index in [4.69, 9.17) is 10.6 Å². The topological polar surface area (TPSA) is 111 Å². The van der Waals surface area contributed by atoms with Crippen molar-refractivity contribution < 1.29 is 27.3 Å². The van der Waals surface area contributed by atoms with Crippen LogP contribution >= 0.6 is 0 Å². The predicted octanol–water partition coefficient (Wildman–Crippen LogP) is 1.57. The fraction of sp³-hybridized carbons (Fsp3) is 0.0952. The van der Waals surface area contributed by atoms with Crippen LogP contribution < -0.4 is 15.1 Å². The van der Waals surface area contributed by atoms with Gasteiger partial charge in [0.2, 0.25) is 12.3 Å². The highest BCUT2D eigenvalue weighted by Gasteiger charge is 2.29. The number of benzene rings is 2. The van der Waals surface area contributed by atoms with Crippen molar-refractivity contribution in [3.8, 4) is 5.75 Å². The SMILES string of the molecule is COc1ccc(S(=O)(=O)N(N)C(=O)c2ccc[n+](CC(=O)c3ccccc3)c2)cc1. The quantitative estimate of drug-likeness (QED) is 0.202. The summed E-state index contributed by atoms with van der Waals surface area (Å²) in [7, 11) is -2.81. The standard InChI is InChI=1S/C21H20N3O5S/c1-29-18-9-11-19(12-10-18)30(27,28)24(22)21(26)17-8-5-13-23(14-17)15-20(25)16-6-3-2-4-7-16/h2-14H,15,22H2,1H3/q+1. The van der Waals surface area contributed by atoms with E-state index in [1.54, 1.807) is 36.5 Å². The second-order valence-corrected chi connectivity index (χ2v) is 8.15. The summed E-state index contributed by atoms with van der Waals surface area (Å²) in [4.78, 5) is 24.9. The Morgan fingerprint density at radius 1 is 0.967 bits per heavy atom. The minimum atomic E-state index is -4.26. The first-order valence-electron chi connectivity index (χ1n) is 8.88. The van der Waals surface area contributed by atoms with Crippen LogP contribution in [0, 0.1) is 0 Å².